The van der Waals surface area contributed by atoms with Gasteiger partial charge in [0.2, 0.25) is 21.8 Å². The van der Waals surface area contributed by atoms with Gasteiger partial charge in [-0.1, -0.05) is 42.5 Å². The Morgan fingerprint density at radius 3 is 2.16 bits per heavy atom. The number of hydrogen-bond acceptors (Lipinski definition) is 6. The molecule has 1 aliphatic rings. The van der Waals surface area contributed by atoms with E-state index < -0.39 is 40.2 Å². The number of halogens is 3. The number of nitrogens with one attached hydrogen (secondary N) is 2. The number of alkyl halides is 3. The van der Waals surface area contributed by atoms with Gasteiger partial charge in [-0.05, 0) is 43.0 Å². The highest BCUT2D eigenvalue weighted by Crippen LogP contribution is 2.20. The second kappa shape index (κ2) is 13.3. The van der Waals surface area contributed by atoms with Crippen LogP contribution in [0.2, 0.25) is 0 Å². The number of carboxylic acid groups (broad SMARTS) is 1. The maximum absolute atomic E-state index is 12.9. The molecule has 3 rings (SSSR count). The summed E-state index contributed by atoms with van der Waals surface area (Å²) in [6.45, 7) is 2.71. The van der Waals surface area contributed by atoms with E-state index in [0.29, 0.717) is 32.5 Å². The van der Waals surface area contributed by atoms with Crippen LogP contribution in [0, 0.1) is 0 Å². The molecule has 2 aromatic carbocycles. The zero-order chi connectivity index (χ0) is 28.5. The number of hydrogen-bond donors (Lipinski definition) is 4. The molecule has 1 heterocycles. The zero-order valence-corrected chi connectivity index (χ0v) is 21.3. The third kappa shape index (κ3) is 8.82. The molecule has 0 aromatic heterocycles. The number of carboxylic acids is 1. The summed E-state index contributed by atoms with van der Waals surface area (Å²) in [5.41, 5.74) is 7.54. The molecule has 1 fully saturated rings. The van der Waals surface area contributed by atoms with E-state index >= 15 is 0 Å². The first kappa shape index (κ1) is 30.7. The summed E-state index contributed by atoms with van der Waals surface area (Å²) in [6.07, 6.45) is -3.85. The fourth-order valence-electron chi connectivity index (χ4n) is 3.60. The fraction of sp³-hybridized carbons (Fsp3) is 0.375. The van der Waals surface area contributed by atoms with Crippen LogP contribution in [0.3, 0.4) is 0 Å². The molecule has 0 spiro atoms. The Hall–Kier alpha value is -3.49. The smallest absolute Gasteiger partial charge is 0.475 e. The van der Waals surface area contributed by atoms with Crippen molar-refractivity contribution < 1.29 is 41.1 Å². The van der Waals surface area contributed by atoms with E-state index in [1.807, 2.05) is 24.3 Å². The van der Waals surface area contributed by atoms with Crippen LogP contribution in [0.25, 0.3) is 0 Å². The number of aliphatic carboxylic acids is 1. The van der Waals surface area contributed by atoms with Gasteiger partial charge in [-0.15, -0.1) is 0 Å². The van der Waals surface area contributed by atoms with E-state index in [1.165, 1.54) is 24.0 Å². The van der Waals surface area contributed by atoms with Crippen LogP contribution in [0.4, 0.5) is 13.2 Å². The van der Waals surface area contributed by atoms with Crippen LogP contribution >= 0.6 is 0 Å². The zero-order valence-electron chi connectivity index (χ0n) is 20.4. The van der Waals surface area contributed by atoms with Crippen molar-refractivity contribution in [3.63, 3.8) is 0 Å². The van der Waals surface area contributed by atoms with Gasteiger partial charge in [0, 0.05) is 19.6 Å². The molecule has 10 nitrogen and oxygen atoms in total. The Kier molecular flexibility index (Phi) is 10.8. The second-order valence-electron chi connectivity index (χ2n) is 8.39. The number of nitrogens with two attached hydrogens (primary N) is 1. The molecule has 38 heavy (non-hydrogen) atoms. The second-order valence-corrected chi connectivity index (χ2v) is 10.1. The minimum absolute atomic E-state index is 0.0889. The summed E-state index contributed by atoms with van der Waals surface area (Å²) in [5, 5.41) is 10.00. The highest BCUT2D eigenvalue weighted by atomic mass is 32.2. The largest absolute Gasteiger partial charge is 0.490 e. The summed E-state index contributed by atoms with van der Waals surface area (Å²) >= 11 is 0. The van der Waals surface area contributed by atoms with E-state index in [0.717, 1.165) is 11.1 Å². The summed E-state index contributed by atoms with van der Waals surface area (Å²) in [7, 11) is -3.83. The molecule has 0 bridgehead atoms. The number of rotatable bonds is 8. The average molecular weight is 559 g/mol. The van der Waals surface area contributed by atoms with Gasteiger partial charge < -0.3 is 21.1 Å². The lowest BCUT2D eigenvalue weighted by molar-refractivity contribution is -0.192. The molecular formula is C24H29F3N4O6S. The van der Waals surface area contributed by atoms with E-state index in [9.17, 15) is 31.2 Å². The van der Waals surface area contributed by atoms with Gasteiger partial charge >= 0.3 is 12.1 Å². The topological polar surface area (TPSA) is 159 Å². The average Bonchev–Trinajstić information content (AvgIpc) is 3.37. The van der Waals surface area contributed by atoms with Gasteiger partial charge in [0.15, 0.2) is 0 Å². The van der Waals surface area contributed by atoms with Gasteiger partial charge in [-0.25, -0.2) is 13.2 Å². The molecule has 208 valence electrons. The summed E-state index contributed by atoms with van der Waals surface area (Å²) < 4.78 is 59.2. The third-order valence-corrected chi connectivity index (χ3v) is 7.12. The normalized spacial score (nSPS) is 16.2. The molecule has 2 unspecified atom stereocenters. The van der Waals surface area contributed by atoms with Crippen LogP contribution < -0.4 is 15.8 Å². The number of carbonyl (C=O) groups excluding carboxylic acids is 2. The third-order valence-electron chi connectivity index (χ3n) is 5.56. The highest BCUT2D eigenvalue weighted by molar-refractivity contribution is 7.89. The summed E-state index contributed by atoms with van der Waals surface area (Å²) in [6, 6.07) is 13.9. The minimum Gasteiger partial charge on any atom is -0.475 e. The first-order chi connectivity index (χ1) is 17.8. The van der Waals surface area contributed by atoms with Gasteiger partial charge in [0.05, 0.1) is 10.9 Å². The number of nitrogens with zero attached hydrogens (tertiary/aromatic N) is 1. The molecule has 2 amide bonds. The first-order valence-corrected chi connectivity index (χ1v) is 13.0. The van der Waals surface area contributed by atoms with Gasteiger partial charge in [0.1, 0.15) is 6.04 Å². The van der Waals surface area contributed by atoms with Crippen molar-refractivity contribution in [3.8, 4) is 0 Å². The van der Waals surface area contributed by atoms with Crippen molar-refractivity contribution in [1.29, 1.82) is 0 Å². The standard InChI is InChI=1S/C22H28N4O4S.C2HF3O2/c1-16(25-31(29,30)19-6-3-2-4-7-19)22(28)26-13-5-8-20(26)21(27)24-15-18-11-9-17(14-23)10-12-18;3-2(4,5)1(6)7/h2-4,6-7,9-12,16,20,25H,5,8,13-15,23H2,1H3,(H,24,27);(H,6,7). The molecule has 1 saturated heterocycles. The van der Waals surface area contributed by atoms with Crippen LogP contribution in [0.5, 0.6) is 0 Å². The molecule has 0 saturated carbocycles. The maximum atomic E-state index is 12.9. The van der Waals surface area contributed by atoms with Crippen molar-refractivity contribution in [3.05, 3.63) is 65.7 Å². The van der Waals surface area contributed by atoms with Gasteiger partial charge in [0.25, 0.3) is 0 Å². The van der Waals surface area contributed by atoms with Crippen molar-refractivity contribution in [1.82, 2.24) is 14.9 Å². The predicted molar refractivity (Wildman–Crippen MR) is 131 cm³/mol. The van der Waals surface area contributed by atoms with Crippen LogP contribution in [0.1, 0.15) is 30.9 Å². The Balaban J connectivity index is 0.000000638. The molecule has 2 atom stereocenters. The molecule has 0 radical (unpaired) electrons. The fourth-order valence-corrected chi connectivity index (χ4v) is 4.82. The lowest BCUT2D eigenvalue weighted by atomic mass is 10.1. The van der Waals surface area contributed by atoms with Crippen molar-refractivity contribution in [2.24, 2.45) is 5.73 Å². The van der Waals surface area contributed by atoms with Crippen molar-refractivity contribution in [2.75, 3.05) is 6.54 Å². The Bertz CT molecular complexity index is 1210. The number of carbonyl (C=O) groups is 3. The number of sulfonamides is 1. The molecule has 0 aliphatic carbocycles. The SMILES string of the molecule is CC(NS(=O)(=O)c1ccccc1)C(=O)N1CCCC1C(=O)NCc1ccc(CN)cc1.O=C(O)C(F)(F)F. The molecule has 1 aliphatic heterocycles. The maximum Gasteiger partial charge on any atom is 0.490 e. The molecular weight excluding hydrogens is 529 g/mol. The highest BCUT2D eigenvalue weighted by Gasteiger charge is 2.38. The van der Waals surface area contributed by atoms with Crippen molar-refractivity contribution in [2.45, 2.75) is 56.0 Å². The minimum atomic E-state index is -5.08. The lowest BCUT2D eigenvalue weighted by Gasteiger charge is -2.27. The van der Waals surface area contributed by atoms with Crippen LogP contribution in [-0.2, 0) is 37.5 Å². The predicted octanol–water partition coefficient (Wildman–Crippen LogP) is 1.75. The van der Waals surface area contributed by atoms with Crippen molar-refractivity contribution >= 4 is 27.8 Å². The lowest BCUT2D eigenvalue weighted by Crippen LogP contribution is -2.52. The first-order valence-electron chi connectivity index (χ1n) is 11.5. The van der Waals surface area contributed by atoms with E-state index in [1.54, 1.807) is 18.2 Å². The monoisotopic (exact) mass is 558 g/mol. The Morgan fingerprint density at radius 1 is 1.08 bits per heavy atom. The molecule has 14 heteroatoms. The van der Waals surface area contributed by atoms with E-state index in [-0.39, 0.29) is 10.8 Å². The van der Waals surface area contributed by atoms with Crippen LogP contribution in [0.15, 0.2) is 59.5 Å². The van der Waals surface area contributed by atoms with E-state index in [4.69, 9.17) is 15.6 Å². The molecule has 5 N–H and O–H groups in total. The van der Waals surface area contributed by atoms with Crippen LogP contribution in [-0.4, -0.2) is 61.0 Å². The quantitative estimate of drug-likeness (QED) is 0.384. The Morgan fingerprint density at radius 2 is 1.63 bits per heavy atom. The van der Waals surface area contributed by atoms with Gasteiger partial charge in [-0.3, -0.25) is 9.59 Å². The van der Waals surface area contributed by atoms with E-state index in [2.05, 4.69) is 10.0 Å². The molecule has 2 aromatic rings. The number of benzene rings is 2. The summed E-state index contributed by atoms with van der Waals surface area (Å²) in [5.74, 6) is -3.41. The van der Waals surface area contributed by atoms with Gasteiger partial charge in [-0.2, -0.15) is 17.9 Å². The number of likely N-dealkylation sites (tertiary alicyclic amines) is 1. The summed E-state index contributed by atoms with van der Waals surface area (Å²) in [4.78, 5) is 36.1. The number of amides is 2. The Labute approximate surface area is 218 Å².